The van der Waals surface area contributed by atoms with Crippen LogP contribution in [-0.4, -0.2) is 53.0 Å². The Bertz CT molecular complexity index is 968. The van der Waals surface area contributed by atoms with Crippen molar-refractivity contribution in [1.29, 1.82) is 0 Å². The fourth-order valence-corrected chi connectivity index (χ4v) is 4.84. The second-order valence-electron chi connectivity index (χ2n) is 8.71. The Labute approximate surface area is 176 Å². The lowest BCUT2D eigenvalue weighted by Gasteiger charge is -2.31. The Hall–Kier alpha value is -2.25. The molecule has 2 N–H and O–H groups in total. The first-order valence-electron chi connectivity index (χ1n) is 11.1. The monoisotopic (exact) mass is 414 g/mol. The van der Waals surface area contributed by atoms with E-state index in [1.54, 1.807) is 10.6 Å². The minimum atomic E-state index is -0.332. The molecule has 30 heavy (non-hydrogen) atoms. The van der Waals surface area contributed by atoms with Gasteiger partial charge in [0.1, 0.15) is 5.82 Å². The van der Waals surface area contributed by atoms with Gasteiger partial charge in [-0.3, -0.25) is 14.5 Å². The molecule has 1 aromatic heterocycles. The van der Waals surface area contributed by atoms with E-state index in [4.69, 9.17) is 5.73 Å². The highest BCUT2D eigenvalue weighted by atomic mass is 19.1. The quantitative estimate of drug-likeness (QED) is 0.788. The number of hydrogen-bond acceptors (Lipinski definition) is 4. The Morgan fingerprint density at radius 2 is 1.80 bits per heavy atom. The fourth-order valence-electron chi connectivity index (χ4n) is 4.84. The molecule has 7 heteroatoms. The Morgan fingerprint density at radius 3 is 2.57 bits per heavy atom. The zero-order valence-corrected chi connectivity index (χ0v) is 17.5. The van der Waals surface area contributed by atoms with E-state index in [-0.39, 0.29) is 23.2 Å². The summed E-state index contributed by atoms with van der Waals surface area (Å²) in [7, 11) is 0. The summed E-state index contributed by atoms with van der Waals surface area (Å²) in [6.07, 6.45) is 5.36. The van der Waals surface area contributed by atoms with Gasteiger partial charge in [0.2, 0.25) is 5.91 Å². The molecule has 2 saturated heterocycles. The molecule has 6 nitrogen and oxygen atoms in total. The van der Waals surface area contributed by atoms with Crippen molar-refractivity contribution in [2.75, 3.05) is 32.7 Å². The number of halogens is 1. The molecule has 0 spiro atoms. The van der Waals surface area contributed by atoms with Gasteiger partial charge in [-0.15, -0.1) is 0 Å². The third-order valence-electron chi connectivity index (χ3n) is 6.52. The standard InChI is InChI=1S/C23H31FN4O2/c24-20-7-6-17-13-19(16-27-10-4-5-18(15-27)22(25)29)23(30)28(21(17)14-20)12-11-26-8-2-1-3-9-26/h6-7,13-14,18H,1-5,8-12,15-16H2,(H2,25,29). The van der Waals surface area contributed by atoms with Gasteiger partial charge < -0.3 is 15.2 Å². The lowest BCUT2D eigenvalue weighted by molar-refractivity contribution is -0.123. The van der Waals surface area contributed by atoms with Crippen LogP contribution in [0.2, 0.25) is 0 Å². The van der Waals surface area contributed by atoms with Gasteiger partial charge in [0, 0.05) is 31.7 Å². The number of aromatic nitrogens is 1. The molecule has 4 rings (SSSR count). The number of piperidine rings is 2. The molecule has 2 aliphatic rings. The summed E-state index contributed by atoms with van der Waals surface area (Å²) in [5.41, 5.74) is 6.78. The fraction of sp³-hybridized carbons (Fsp3) is 0.565. The largest absolute Gasteiger partial charge is 0.369 e. The average molecular weight is 415 g/mol. The van der Waals surface area contributed by atoms with Gasteiger partial charge in [-0.05, 0) is 75.0 Å². The lowest BCUT2D eigenvalue weighted by atomic mass is 9.97. The van der Waals surface area contributed by atoms with Crippen molar-refractivity contribution >= 4 is 16.8 Å². The maximum Gasteiger partial charge on any atom is 0.255 e. The summed E-state index contributed by atoms with van der Waals surface area (Å²) >= 11 is 0. The van der Waals surface area contributed by atoms with Crippen molar-refractivity contribution in [2.45, 2.75) is 45.2 Å². The zero-order chi connectivity index (χ0) is 21.1. The van der Waals surface area contributed by atoms with Crippen LogP contribution in [0.3, 0.4) is 0 Å². The lowest BCUT2D eigenvalue weighted by Crippen LogP contribution is -2.42. The van der Waals surface area contributed by atoms with E-state index >= 15 is 0 Å². The maximum atomic E-state index is 14.0. The highest BCUT2D eigenvalue weighted by Crippen LogP contribution is 2.20. The van der Waals surface area contributed by atoms with E-state index in [0.29, 0.717) is 30.7 Å². The van der Waals surface area contributed by atoms with E-state index in [2.05, 4.69) is 9.80 Å². The van der Waals surface area contributed by atoms with E-state index in [1.807, 2.05) is 6.07 Å². The number of fused-ring (bicyclic) bond motifs is 1. The van der Waals surface area contributed by atoms with Crippen molar-refractivity contribution in [3.05, 3.63) is 46.0 Å². The van der Waals surface area contributed by atoms with Crippen LogP contribution in [0.1, 0.15) is 37.7 Å². The number of carbonyl (C=O) groups excluding carboxylic acids is 1. The van der Waals surface area contributed by atoms with Gasteiger partial charge in [-0.25, -0.2) is 4.39 Å². The van der Waals surface area contributed by atoms with Gasteiger partial charge in [-0.2, -0.15) is 0 Å². The molecule has 3 heterocycles. The van der Waals surface area contributed by atoms with Gasteiger partial charge in [0.25, 0.3) is 5.56 Å². The third kappa shape index (κ3) is 4.73. The Kier molecular flexibility index (Phi) is 6.49. The van der Waals surface area contributed by atoms with Crippen LogP contribution in [0.15, 0.2) is 29.1 Å². The Balaban J connectivity index is 1.61. The predicted molar refractivity (Wildman–Crippen MR) is 116 cm³/mol. The first-order valence-corrected chi connectivity index (χ1v) is 11.1. The molecular weight excluding hydrogens is 383 g/mol. The first-order chi connectivity index (χ1) is 14.5. The number of rotatable bonds is 6. The van der Waals surface area contributed by atoms with Crippen LogP contribution in [0, 0.1) is 11.7 Å². The summed E-state index contributed by atoms with van der Waals surface area (Å²) in [4.78, 5) is 29.5. The topological polar surface area (TPSA) is 71.6 Å². The number of carbonyl (C=O) groups is 1. The maximum absolute atomic E-state index is 14.0. The normalized spacial score (nSPS) is 21.2. The van der Waals surface area contributed by atoms with Crippen molar-refractivity contribution in [3.63, 3.8) is 0 Å². The molecule has 1 unspecified atom stereocenters. The highest BCUT2D eigenvalue weighted by molar-refractivity contribution is 5.80. The molecule has 162 valence electrons. The molecule has 2 fully saturated rings. The SMILES string of the molecule is NC(=O)C1CCCN(Cc2cc3ccc(F)cc3n(CCN3CCCCC3)c2=O)C1. The number of amides is 1. The van der Waals surface area contributed by atoms with Crippen LogP contribution < -0.4 is 11.3 Å². The van der Waals surface area contributed by atoms with Gasteiger partial charge in [-0.1, -0.05) is 6.42 Å². The molecule has 0 saturated carbocycles. The predicted octanol–water partition coefficient (Wildman–Crippen LogP) is 2.32. The molecule has 1 aromatic carbocycles. The van der Waals surface area contributed by atoms with Crippen molar-refractivity contribution < 1.29 is 9.18 Å². The first kappa shape index (κ1) is 21.0. The number of pyridine rings is 1. The summed E-state index contributed by atoms with van der Waals surface area (Å²) in [6.45, 7) is 5.38. The van der Waals surface area contributed by atoms with E-state index in [0.717, 1.165) is 44.4 Å². The van der Waals surface area contributed by atoms with Crippen LogP contribution in [-0.2, 0) is 17.9 Å². The molecule has 2 aromatic rings. The minimum Gasteiger partial charge on any atom is -0.369 e. The van der Waals surface area contributed by atoms with Crippen LogP contribution in [0.5, 0.6) is 0 Å². The molecule has 0 bridgehead atoms. The van der Waals surface area contributed by atoms with E-state index in [1.165, 1.54) is 31.4 Å². The number of nitrogens with zero attached hydrogens (tertiary/aromatic N) is 3. The number of benzene rings is 1. The number of primary amides is 1. The van der Waals surface area contributed by atoms with Gasteiger partial charge in [0.05, 0.1) is 11.4 Å². The molecule has 0 radical (unpaired) electrons. The number of hydrogen-bond donors (Lipinski definition) is 1. The average Bonchev–Trinajstić information content (AvgIpc) is 2.75. The third-order valence-corrected chi connectivity index (χ3v) is 6.52. The summed E-state index contributed by atoms with van der Waals surface area (Å²) < 4.78 is 15.7. The summed E-state index contributed by atoms with van der Waals surface area (Å²) in [6, 6.07) is 6.52. The summed E-state index contributed by atoms with van der Waals surface area (Å²) in [5.74, 6) is -0.760. The molecule has 1 atom stereocenters. The second kappa shape index (κ2) is 9.27. The number of nitrogens with two attached hydrogens (primary N) is 1. The van der Waals surface area contributed by atoms with E-state index < -0.39 is 0 Å². The van der Waals surface area contributed by atoms with Gasteiger partial charge in [0.15, 0.2) is 0 Å². The minimum absolute atomic E-state index is 0.0636. The Morgan fingerprint density at radius 1 is 1.03 bits per heavy atom. The summed E-state index contributed by atoms with van der Waals surface area (Å²) in [5, 5.41) is 0.869. The van der Waals surface area contributed by atoms with Crippen molar-refractivity contribution in [2.24, 2.45) is 11.7 Å². The number of likely N-dealkylation sites (tertiary alicyclic amines) is 2. The van der Waals surface area contributed by atoms with Crippen molar-refractivity contribution in [1.82, 2.24) is 14.4 Å². The van der Waals surface area contributed by atoms with E-state index in [9.17, 15) is 14.0 Å². The van der Waals surface area contributed by atoms with Crippen LogP contribution in [0.4, 0.5) is 4.39 Å². The smallest absolute Gasteiger partial charge is 0.255 e. The van der Waals surface area contributed by atoms with Crippen molar-refractivity contribution in [3.8, 4) is 0 Å². The molecule has 1 amide bonds. The second-order valence-corrected chi connectivity index (χ2v) is 8.71. The zero-order valence-electron chi connectivity index (χ0n) is 17.5. The van der Waals surface area contributed by atoms with Crippen LogP contribution in [0.25, 0.3) is 10.9 Å². The van der Waals surface area contributed by atoms with Crippen LogP contribution >= 0.6 is 0 Å². The highest BCUT2D eigenvalue weighted by Gasteiger charge is 2.25. The molecular formula is C23H31FN4O2. The van der Waals surface area contributed by atoms with Gasteiger partial charge >= 0.3 is 0 Å². The molecule has 0 aliphatic carbocycles. The molecule has 2 aliphatic heterocycles.